The van der Waals surface area contributed by atoms with Gasteiger partial charge in [-0.05, 0) is 44.7 Å². The summed E-state index contributed by atoms with van der Waals surface area (Å²) in [7, 11) is 0. The SMILES string of the molecule is CCNC(=NCCc1ccc(CC)cc1)NC(C)C.I. The van der Waals surface area contributed by atoms with Crippen molar-refractivity contribution in [3.8, 4) is 0 Å². The van der Waals surface area contributed by atoms with Crippen LogP contribution in [0.5, 0.6) is 0 Å². The standard InChI is InChI=1S/C16H27N3.HI/c1-5-14-7-9-15(10-8-14)11-12-18-16(17-6-2)19-13(3)4;/h7-10,13H,5-6,11-12H2,1-4H3,(H2,17,18,19);1H. The minimum Gasteiger partial charge on any atom is -0.357 e. The van der Waals surface area contributed by atoms with Gasteiger partial charge in [-0.25, -0.2) is 0 Å². The molecule has 0 fully saturated rings. The number of rotatable bonds is 6. The number of hydrogen-bond acceptors (Lipinski definition) is 1. The molecule has 1 aromatic carbocycles. The molecule has 2 N–H and O–H groups in total. The van der Waals surface area contributed by atoms with E-state index in [1.165, 1.54) is 11.1 Å². The average Bonchev–Trinajstić information content (AvgIpc) is 2.39. The summed E-state index contributed by atoms with van der Waals surface area (Å²) in [6.07, 6.45) is 2.08. The Bertz CT molecular complexity index is 385. The van der Waals surface area contributed by atoms with Crippen LogP contribution in [0.1, 0.15) is 38.8 Å². The first-order chi connectivity index (χ1) is 9.15. The molecule has 0 saturated carbocycles. The highest BCUT2D eigenvalue weighted by molar-refractivity contribution is 14.0. The first-order valence-electron chi connectivity index (χ1n) is 7.28. The molecule has 0 bridgehead atoms. The summed E-state index contributed by atoms with van der Waals surface area (Å²) >= 11 is 0. The highest BCUT2D eigenvalue weighted by Gasteiger charge is 1.99. The van der Waals surface area contributed by atoms with Gasteiger partial charge in [0.25, 0.3) is 0 Å². The van der Waals surface area contributed by atoms with Crippen LogP contribution in [-0.2, 0) is 12.8 Å². The van der Waals surface area contributed by atoms with Gasteiger partial charge in [0, 0.05) is 19.1 Å². The van der Waals surface area contributed by atoms with Crippen molar-refractivity contribution in [3.05, 3.63) is 35.4 Å². The molecule has 0 unspecified atom stereocenters. The van der Waals surface area contributed by atoms with E-state index in [2.05, 4.69) is 67.6 Å². The summed E-state index contributed by atoms with van der Waals surface area (Å²) in [4.78, 5) is 4.59. The van der Waals surface area contributed by atoms with Crippen LogP contribution in [0.3, 0.4) is 0 Å². The number of aliphatic imine (C=N–C) groups is 1. The third-order valence-corrected chi connectivity index (χ3v) is 2.87. The first kappa shape index (κ1) is 19.2. The minimum absolute atomic E-state index is 0. The Labute approximate surface area is 140 Å². The van der Waals surface area contributed by atoms with Gasteiger partial charge in [-0.2, -0.15) is 0 Å². The molecule has 114 valence electrons. The summed E-state index contributed by atoms with van der Waals surface area (Å²) < 4.78 is 0. The van der Waals surface area contributed by atoms with Gasteiger partial charge in [-0.3, -0.25) is 4.99 Å². The Hall–Kier alpha value is -0.780. The molecule has 3 nitrogen and oxygen atoms in total. The Balaban J connectivity index is 0.00000361. The van der Waals surface area contributed by atoms with Gasteiger partial charge in [0.1, 0.15) is 0 Å². The van der Waals surface area contributed by atoms with E-state index in [1.807, 2.05) is 0 Å². The highest BCUT2D eigenvalue weighted by atomic mass is 127. The molecule has 0 aliphatic carbocycles. The van der Waals surface area contributed by atoms with Crippen LogP contribution < -0.4 is 10.6 Å². The molecule has 1 rings (SSSR count). The number of benzene rings is 1. The van der Waals surface area contributed by atoms with Crippen molar-refractivity contribution in [2.75, 3.05) is 13.1 Å². The number of halogens is 1. The van der Waals surface area contributed by atoms with Gasteiger partial charge >= 0.3 is 0 Å². The van der Waals surface area contributed by atoms with Crippen molar-refractivity contribution in [3.63, 3.8) is 0 Å². The quantitative estimate of drug-likeness (QED) is 0.445. The topological polar surface area (TPSA) is 36.4 Å². The third-order valence-electron chi connectivity index (χ3n) is 2.87. The van der Waals surface area contributed by atoms with Crippen molar-refractivity contribution in [1.82, 2.24) is 10.6 Å². The highest BCUT2D eigenvalue weighted by Crippen LogP contribution is 2.05. The van der Waals surface area contributed by atoms with E-state index in [9.17, 15) is 0 Å². The molecule has 0 saturated heterocycles. The van der Waals surface area contributed by atoms with Gasteiger partial charge in [0.2, 0.25) is 0 Å². The fraction of sp³-hybridized carbons (Fsp3) is 0.562. The zero-order valence-electron chi connectivity index (χ0n) is 13.1. The number of hydrogen-bond donors (Lipinski definition) is 2. The van der Waals surface area contributed by atoms with Crippen LogP contribution in [0.25, 0.3) is 0 Å². The first-order valence-corrected chi connectivity index (χ1v) is 7.28. The van der Waals surface area contributed by atoms with Gasteiger partial charge in [0.15, 0.2) is 5.96 Å². The van der Waals surface area contributed by atoms with Crippen molar-refractivity contribution < 1.29 is 0 Å². The van der Waals surface area contributed by atoms with Crippen molar-refractivity contribution in [2.24, 2.45) is 4.99 Å². The molecule has 0 aliphatic heterocycles. The molecule has 0 aromatic heterocycles. The fourth-order valence-electron chi connectivity index (χ4n) is 1.83. The second kappa shape index (κ2) is 10.9. The summed E-state index contributed by atoms with van der Waals surface area (Å²) in [5.74, 6) is 0.905. The molecule has 20 heavy (non-hydrogen) atoms. The monoisotopic (exact) mass is 389 g/mol. The van der Waals surface area contributed by atoms with Gasteiger partial charge in [-0.15, -0.1) is 24.0 Å². The molecule has 4 heteroatoms. The number of guanidine groups is 1. The maximum absolute atomic E-state index is 4.59. The van der Waals surface area contributed by atoms with E-state index in [0.29, 0.717) is 6.04 Å². The van der Waals surface area contributed by atoms with E-state index in [1.54, 1.807) is 0 Å². The summed E-state index contributed by atoms with van der Waals surface area (Å²) in [6.45, 7) is 10.2. The lowest BCUT2D eigenvalue weighted by atomic mass is 10.1. The Morgan fingerprint density at radius 1 is 1.10 bits per heavy atom. The lowest BCUT2D eigenvalue weighted by molar-refractivity contribution is 0.700. The normalized spacial score (nSPS) is 11.2. The molecule has 0 amide bonds. The zero-order chi connectivity index (χ0) is 14.1. The van der Waals surface area contributed by atoms with Crippen molar-refractivity contribution >= 4 is 29.9 Å². The van der Waals surface area contributed by atoms with Crippen molar-refractivity contribution in [2.45, 2.75) is 46.6 Å². The number of aryl methyl sites for hydroxylation is 1. The minimum atomic E-state index is 0. The lowest BCUT2D eigenvalue weighted by Crippen LogP contribution is -2.41. The number of nitrogens with one attached hydrogen (secondary N) is 2. The fourth-order valence-corrected chi connectivity index (χ4v) is 1.83. The van der Waals surface area contributed by atoms with Crippen LogP contribution in [0.15, 0.2) is 29.3 Å². The molecular weight excluding hydrogens is 361 g/mol. The maximum Gasteiger partial charge on any atom is 0.191 e. The van der Waals surface area contributed by atoms with Gasteiger partial charge < -0.3 is 10.6 Å². The van der Waals surface area contributed by atoms with Gasteiger partial charge in [-0.1, -0.05) is 31.2 Å². The predicted octanol–water partition coefficient (Wildman–Crippen LogP) is 3.37. The number of nitrogens with zero attached hydrogens (tertiary/aromatic N) is 1. The molecule has 0 heterocycles. The van der Waals surface area contributed by atoms with Crippen LogP contribution in [-0.4, -0.2) is 25.1 Å². The second-order valence-electron chi connectivity index (χ2n) is 4.98. The van der Waals surface area contributed by atoms with Crippen LogP contribution in [0.4, 0.5) is 0 Å². The summed E-state index contributed by atoms with van der Waals surface area (Å²) in [6, 6.07) is 9.23. The van der Waals surface area contributed by atoms with E-state index in [-0.39, 0.29) is 24.0 Å². The predicted molar refractivity (Wildman–Crippen MR) is 99.2 cm³/mol. The zero-order valence-corrected chi connectivity index (χ0v) is 15.4. The Kier molecular flexibility index (Phi) is 10.5. The lowest BCUT2D eigenvalue weighted by Gasteiger charge is -2.13. The molecule has 1 aromatic rings. The van der Waals surface area contributed by atoms with Gasteiger partial charge in [0.05, 0.1) is 0 Å². The smallest absolute Gasteiger partial charge is 0.191 e. The second-order valence-corrected chi connectivity index (χ2v) is 4.98. The Morgan fingerprint density at radius 2 is 1.70 bits per heavy atom. The maximum atomic E-state index is 4.59. The largest absolute Gasteiger partial charge is 0.357 e. The van der Waals surface area contributed by atoms with Crippen molar-refractivity contribution in [1.29, 1.82) is 0 Å². The van der Waals surface area contributed by atoms with Crippen LogP contribution in [0, 0.1) is 0 Å². The summed E-state index contributed by atoms with van der Waals surface area (Å²) in [5, 5.41) is 6.58. The molecular formula is C16H28IN3. The van der Waals surface area contributed by atoms with E-state index in [4.69, 9.17) is 0 Å². The Morgan fingerprint density at radius 3 is 2.20 bits per heavy atom. The third kappa shape index (κ3) is 7.72. The van der Waals surface area contributed by atoms with E-state index >= 15 is 0 Å². The molecule has 0 atom stereocenters. The van der Waals surface area contributed by atoms with E-state index < -0.39 is 0 Å². The van der Waals surface area contributed by atoms with Crippen LogP contribution >= 0.6 is 24.0 Å². The average molecular weight is 389 g/mol. The molecule has 0 radical (unpaired) electrons. The van der Waals surface area contributed by atoms with E-state index in [0.717, 1.165) is 31.9 Å². The molecule has 0 aliphatic rings. The summed E-state index contributed by atoms with van der Waals surface area (Å²) in [5.41, 5.74) is 2.74. The molecule has 0 spiro atoms. The van der Waals surface area contributed by atoms with Crippen LogP contribution in [0.2, 0.25) is 0 Å².